The van der Waals surface area contributed by atoms with Crippen LogP contribution in [0.2, 0.25) is 0 Å². The predicted molar refractivity (Wildman–Crippen MR) is 111 cm³/mol. The first-order valence-electron chi connectivity index (χ1n) is 9.66. The number of carbonyl (C=O) groups is 1. The molecule has 1 heterocycles. The quantitative estimate of drug-likeness (QED) is 0.577. The summed E-state index contributed by atoms with van der Waals surface area (Å²) in [5, 5.41) is 4.18. The van der Waals surface area contributed by atoms with Gasteiger partial charge in [-0.15, -0.1) is 0 Å². The molecule has 0 spiro atoms. The van der Waals surface area contributed by atoms with Crippen molar-refractivity contribution in [2.75, 3.05) is 25.6 Å². The molecule has 0 radical (unpaired) electrons. The average Bonchev–Trinajstić information content (AvgIpc) is 3.35. The molecule has 1 aromatic rings. The second-order valence-corrected chi connectivity index (χ2v) is 8.99. The number of anilines is 1. The molecule has 2 bridgehead atoms. The van der Waals surface area contributed by atoms with Crippen LogP contribution in [0.4, 0.5) is 5.69 Å². The molecule has 5 nitrogen and oxygen atoms in total. The lowest BCUT2D eigenvalue weighted by molar-refractivity contribution is -0.117. The lowest BCUT2D eigenvalue weighted by Gasteiger charge is -2.20. The summed E-state index contributed by atoms with van der Waals surface area (Å²) in [5.41, 5.74) is 2.31. The number of amides is 1. The van der Waals surface area contributed by atoms with Gasteiger partial charge in [-0.1, -0.05) is 36.0 Å². The van der Waals surface area contributed by atoms with Crippen molar-refractivity contribution < 1.29 is 9.53 Å². The van der Waals surface area contributed by atoms with Gasteiger partial charge in [0.1, 0.15) is 0 Å². The Morgan fingerprint density at radius 2 is 2.19 bits per heavy atom. The molecule has 1 N–H and O–H groups in total. The van der Waals surface area contributed by atoms with E-state index in [1.54, 1.807) is 11.8 Å². The van der Waals surface area contributed by atoms with Gasteiger partial charge in [0, 0.05) is 32.4 Å². The third-order valence-electron chi connectivity index (χ3n) is 5.55. The number of thioether (sulfide) groups is 1. The fraction of sp³-hybridized carbons (Fsp3) is 0.524. The molecule has 1 saturated carbocycles. The van der Waals surface area contributed by atoms with Gasteiger partial charge in [-0.3, -0.25) is 4.79 Å². The zero-order valence-corrected chi connectivity index (χ0v) is 16.7. The van der Waals surface area contributed by atoms with E-state index in [1.165, 1.54) is 6.42 Å². The van der Waals surface area contributed by atoms with E-state index in [4.69, 9.17) is 4.74 Å². The SMILES string of the molecule is CN(C)c1cccc(COCCC2SC(NC3CC4C=CC3C4)=NC2=O)c1. The maximum Gasteiger partial charge on any atom is 0.261 e. The average molecular weight is 386 g/mol. The molecule has 1 amide bonds. The minimum absolute atomic E-state index is 0.0283. The number of hydrogen-bond donors (Lipinski definition) is 1. The largest absolute Gasteiger partial charge is 0.378 e. The summed E-state index contributed by atoms with van der Waals surface area (Å²) in [6.45, 7) is 1.13. The van der Waals surface area contributed by atoms with E-state index < -0.39 is 0 Å². The number of ether oxygens (including phenoxy) is 1. The van der Waals surface area contributed by atoms with Crippen LogP contribution in [0, 0.1) is 11.8 Å². The summed E-state index contributed by atoms with van der Waals surface area (Å²) in [6.07, 6.45) is 7.74. The molecule has 27 heavy (non-hydrogen) atoms. The molecule has 144 valence electrons. The summed E-state index contributed by atoms with van der Waals surface area (Å²) in [6, 6.07) is 8.76. The highest BCUT2D eigenvalue weighted by molar-refractivity contribution is 8.15. The third-order valence-corrected chi connectivity index (χ3v) is 6.70. The van der Waals surface area contributed by atoms with E-state index in [9.17, 15) is 4.79 Å². The number of amidine groups is 1. The number of nitrogens with zero attached hydrogens (tertiary/aromatic N) is 2. The number of benzene rings is 1. The molecule has 1 aromatic carbocycles. The molecule has 4 atom stereocenters. The molecule has 0 saturated heterocycles. The van der Waals surface area contributed by atoms with Gasteiger partial charge in [0.05, 0.1) is 11.9 Å². The summed E-state index contributed by atoms with van der Waals surface area (Å²) in [5.74, 6) is 1.29. The number of hydrogen-bond acceptors (Lipinski definition) is 5. The van der Waals surface area contributed by atoms with Crippen LogP contribution in [0.3, 0.4) is 0 Å². The van der Waals surface area contributed by atoms with Crippen molar-refractivity contribution in [3.8, 4) is 0 Å². The first kappa shape index (κ1) is 18.6. The zero-order chi connectivity index (χ0) is 18.8. The first-order chi connectivity index (χ1) is 13.1. The van der Waals surface area contributed by atoms with Crippen molar-refractivity contribution in [2.24, 2.45) is 16.8 Å². The van der Waals surface area contributed by atoms with Gasteiger partial charge in [-0.05, 0) is 48.8 Å². The molecule has 6 heteroatoms. The molecule has 4 unspecified atom stereocenters. The normalized spacial score (nSPS) is 28.7. The third kappa shape index (κ3) is 4.38. The number of aliphatic imine (C=N–C) groups is 1. The summed E-state index contributed by atoms with van der Waals surface area (Å²) in [4.78, 5) is 18.5. The van der Waals surface area contributed by atoms with Crippen LogP contribution in [-0.2, 0) is 16.1 Å². The van der Waals surface area contributed by atoms with Crippen molar-refractivity contribution in [2.45, 2.75) is 37.2 Å². The van der Waals surface area contributed by atoms with E-state index in [1.807, 2.05) is 20.2 Å². The van der Waals surface area contributed by atoms with E-state index in [2.05, 4.69) is 45.6 Å². The van der Waals surface area contributed by atoms with Gasteiger partial charge < -0.3 is 15.0 Å². The van der Waals surface area contributed by atoms with E-state index >= 15 is 0 Å². The van der Waals surface area contributed by atoms with Gasteiger partial charge in [0.15, 0.2) is 5.17 Å². The molecule has 3 aliphatic rings. The first-order valence-corrected chi connectivity index (χ1v) is 10.5. The number of fused-ring (bicyclic) bond motifs is 2. The Labute approximate surface area is 165 Å². The maximum absolute atomic E-state index is 12.2. The maximum atomic E-state index is 12.2. The number of allylic oxidation sites excluding steroid dienone is 1. The Hall–Kier alpha value is -1.79. The molecule has 0 aromatic heterocycles. The Balaban J connectivity index is 1.19. The highest BCUT2D eigenvalue weighted by atomic mass is 32.2. The van der Waals surface area contributed by atoms with Crippen LogP contribution in [0.5, 0.6) is 0 Å². The van der Waals surface area contributed by atoms with E-state index in [-0.39, 0.29) is 11.2 Å². The lowest BCUT2D eigenvalue weighted by atomic mass is 10.0. The topological polar surface area (TPSA) is 53.9 Å². The van der Waals surface area contributed by atoms with Gasteiger partial charge in [-0.25, -0.2) is 0 Å². The molecule has 1 fully saturated rings. The molecule has 1 aliphatic heterocycles. The second-order valence-electron chi connectivity index (χ2n) is 7.80. The van der Waals surface area contributed by atoms with Crippen molar-refractivity contribution in [1.82, 2.24) is 5.32 Å². The van der Waals surface area contributed by atoms with E-state index in [0.717, 1.165) is 22.8 Å². The van der Waals surface area contributed by atoms with Crippen molar-refractivity contribution in [3.63, 3.8) is 0 Å². The molecular formula is C21H27N3O2S. The number of rotatable bonds is 7. The van der Waals surface area contributed by atoms with Gasteiger partial charge in [-0.2, -0.15) is 4.99 Å². The molecular weight excluding hydrogens is 358 g/mol. The fourth-order valence-electron chi connectivity index (χ4n) is 4.04. The lowest BCUT2D eigenvalue weighted by Crippen LogP contribution is -2.35. The van der Waals surface area contributed by atoms with Gasteiger partial charge >= 0.3 is 0 Å². The number of nitrogens with one attached hydrogen (secondary N) is 1. The highest BCUT2D eigenvalue weighted by Gasteiger charge is 2.38. The Bertz CT molecular complexity index is 762. The second kappa shape index (κ2) is 8.07. The Morgan fingerprint density at radius 1 is 1.30 bits per heavy atom. The van der Waals surface area contributed by atoms with Gasteiger partial charge in [0.25, 0.3) is 5.91 Å². The minimum atomic E-state index is -0.116. The van der Waals surface area contributed by atoms with Crippen molar-refractivity contribution in [1.29, 1.82) is 0 Å². The molecule has 2 aliphatic carbocycles. The fourth-order valence-corrected chi connectivity index (χ4v) is 5.04. The van der Waals surface area contributed by atoms with Crippen LogP contribution in [0.25, 0.3) is 0 Å². The van der Waals surface area contributed by atoms with Crippen LogP contribution in [-0.4, -0.2) is 43.1 Å². The van der Waals surface area contributed by atoms with Crippen molar-refractivity contribution in [3.05, 3.63) is 42.0 Å². The number of carbonyl (C=O) groups excluding carboxylic acids is 1. The monoisotopic (exact) mass is 385 g/mol. The van der Waals surface area contributed by atoms with Gasteiger partial charge in [0.2, 0.25) is 0 Å². The predicted octanol–water partition coefficient (Wildman–Crippen LogP) is 3.21. The van der Waals surface area contributed by atoms with E-state index in [0.29, 0.717) is 37.5 Å². The minimum Gasteiger partial charge on any atom is -0.378 e. The van der Waals surface area contributed by atoms with Crippen LogP contribution in [0.1, 0.15) is 24.8 Å². The summed E-state index contributed by atoms with van der Waals surface area (Å²) in [7, 11) is 4.06. The van der Waals surface area contributed by atoms with Crippen LogP contribution >= 0.6 is 11.8 Å². The summed E-state index contributed by atoms with van der Waals surface area (Å²) >= 11 is 1.56. The summed E-state index contributed by atoms with van der Waals surface area (Å²) < 4.78 is 5.81. The smallest absolute Gasteiger partial charge is 0.261 e. The van der Waals surface area contributed by atoms with Crippen LogP contribution in [0.15, 0.2) is 41.4 Å². The zero-order valence-electron chi connectivity index (χ0n) is 15.9. The Kier molecular flexibility index (Phi) is 5.55. The van der Waals surface area contributed by atoms with Crippen molar-refractivity contribution >= 4 is 28.5 Å². The standard InChI is InChI=1S/C21H27N3O2S/c1-24(2)17-5-3-4-15(11-17)13-26-9-8-19-20(25)23-21(27-19)22-18-12-14-6-7-16(18)10-14/h3-7,11,14,16,18-19H,8-10,12-13H2,1-2H3,(H,22,23,25). The van der Waals surface area contributed by atoms with Crippen LogP contribution < -0.4 is 10.2 Å². The Morgan fingerprint density at radius 3 is 2.93 bits per heavy atom. The highest BCUT2D eigenvalue weighted by Crippen LogP contribution is 2.39. The molecule has 4 rings (SSSR count).